The summed E-state index contributed by atoms with van der Waals surface area (Å²) in [6.45, 7) is 0. The van der Waals surface area contributed by atoms with Crippen molar-refractivity contribution in [3.05, 3.63) is 40.1 Å². The first-order valence-corrected chi connectivity index (χ1v) is 5.83. The number of benzene rings is 1. The second-order valence-electron chi connectivity index (χ2n) is 3.51. The van der Waals surface area contributed by atoms with E-state index in [1.54, 1.807) is 5.38 Å². The predicted octanol–water partition coefficient (Wildman–Crippen LogP) is 3.06. The topological polar surface area (TPSA) is 52.3 Å². The molecule has 18 heavy (non-hydrogen) atoms. The molecule has 0 fully saturated rings. The molecular weight excluding hydrogens is 260 g/mol. The number of esters is 1. The number of hydrogen-bond acceptors (Lipinski definition) is 4. The Morgan fingerprint density at radius 1 is 1.33 bits per heavy atom. The maximum atomic E-state index is 13.1. The lowest BCUT2D eigenvalue weighted by Gasteiger charge is -2.02. The minimum atomic E-state index is -0.960. The van der Waals surface area contributed by atoms with E-state index in [4.69, 9.17) is 5.73 Å². The Morgan fingerprint density at radius 3 is 2.67 bits per heavy atom. The molecule has 1 heterocycles. The van der Waals surface area contributed by atoms with Gasteiger partial charge in [0.25, 0.3) is 0 Å². The Balaban J connectivity index is 2.48. The van der Waals surface area contributed by atoms with Gasteiger partial charge in [0.1, 0.15) is 4.88 Å². The average Bonchev–Trinajstić information content (AvgIpc) is 2.74. The van der Waals surface area contributed by atoms with E-state index in [1.165, 1.54) is 13.2 Å². The van der Waals surface area contributed by atoms with Gasteiger partial charge in [-0.1, -0.05) is 6.07 Å². The second kappa shape index (κ2) is 4.73. The maximum Gasteiger partial charge on any atom is 0.350 e. The van der Waals surface area contributed by atoms with Crippen LogP contribution in [-0.4, -0.2) is 13.1 Å². The molecule has 0 amide bonds. The van der Waals surface area contributed by atoms with E-state index in [2.05, 4.69) is 4.74 Å². The molecule has 0 radical (unpaired) electrons. The molecule has 0 aliphatic heterocycles. The number of halogens is 2. The van der Waals surface area contributed by atoms with Gasteiger partial charge in [0, 0.05) is 10.9 Å². The number of hydrogen-bond donors (Lipinski definition) is 1. The van der Waals surface area contributed by atoms with E-state index in [1.807, 2.05) is 0 Å². The van der Waals surface area contributed by atoms with Crippen LogP contribution in [0.5, 0.6) is 0 Å². The normalized spacial score (nSPS) is 10.4. The van der Waals surface area contributed by atoms with Gasteiger partial charge in [-0.25, -0.2) is 13.6 Å². The maximum absolute atomic E-state index is 13.1. The molecule has 0 aliphatic rings. The van der Waals surface area contributed by atoms with Gasteiger partial charge in [-0.05, 0) is 17.7 Å². The Bertz CT molecular complexity index is 610. The number of anilines is 1. The molecule has 0 bridgehead atoms. The van der Waals surface area contributed by atoms with Crippen LogP contribution >= 0.6 is 11.3 Å². The lowest BCUT2D eigenvalue weighted by Crippen LogP contribution is -2.02. The van der Waals surface area contributed by atoms with Crippen LogP contribution in [0.2, 0.25) is 0 Å². The zero-order chi connectivity index (χ0) is 13.3. The van der Waals surface area contributed by atoms with E-state index in [-0.39, 0.29) is 10.6 Å². The van der Waals surface area contributed by atoms with E-state index in [0.29, 0.717) is 11.1 Å². The average molecular weight is 269 g/mol. The molecule has 1 aromatic heterocycles. The van der Waals surface area contributed by atoms with Crippen molar-refractivity contribution in [2.45, 2.75) is 0 Å². The highest BCUT2D eigenvalue weighted by atomic mass is 32.1. The van der Waals surface area contributed by atoms with E-state index in [0.717, 1.165) is 23.5 Å². The Labute approximate surface area is 106 Å². The first-order valence-electron chi connectivity index (χ1n) is 4.95. The summed E-state index contributed by atoms with van der Waals surface area (Å²) in [6, 6.07) is 3.45. The number of rotatable bonds is 2. The number of carbonyl (C=O) groups excluding carboxylic acids is 1. The summed E-state index contributed by atoms with van der Waals surface area (Å²) >= 11 is 1.10. The molecule has 94 valence electrons. The molecule has 0 saturated heterocycles. The van der Waals surface area contributed by atoms with Crippen LogP contribution in [0.25, 0.3) is 11.1 Å². The molecule has 0 spiro atoms. The van der Waals surface area contributed by atoms with Gasteiger partial charge >= 0.3 is 5.97 Å². The molecule has 3 nitrogen and oxygen atoms in total. The summed E-state index contributed by atoms with van der Waals surface area (Å²) in [6.07, 6.45) is 0. The Kier molecular flexibility index (Phi) is 3.29. The Hall–Kier alpha value is -1.95. The monoisotopic (exact) mass is 269 g/mol. The SMILES string of the molecule is COC(=O)c1scc(-c2ccc(F)c(F)c2)c1N. The van der Waals surface area contributed by atoms with Crippen molar-refractivity contribution in [1.29, 1.82) is 0 Å². The first-order chi connectivity index (χ1) is 8.54. The van der Waals surface area contributed by atoms with Gasteiger partial charge in [-0.2, -0.15) is 0 Å². The van der Waals surface area contributed by atoms with Crippen molar-refractivity contribution < 1.29 is 18.3 Å². The van der Waals surface area contributed by atoms with Gasteiger partial charge in [-0.3, -0.25) is 0 Å². The molecule has 2 rings (SSSR count). The number of methoxy groups -OCH3 is 1. The number of thiophene rings is 1. The second-order valence-corrected chi connectivity index (χ2v) is 4.39. The van der Waals surface area contributed by atoms with Crippen LogP contribution in [0.4, 0.5) is 14.5 Å². The third-order valence-electron chi connectivity index (χ3n) is 2.43. The highest BCUT2D eigenvalue weighted by molar-refractivity contribution is 7.13. The fourth-order valence-electron chi connectivity index (χ4n) is 1.51. The van der Waals surface area contributed by atoms with Crippen molar-refractivity contribution in [2.24, 2.45) is 0 Å². The fourth-order valence-corrected chi connectivity index (χ4v) is 2.42. The number of nitrogens with two attached hydrogens (primary N) is 1. The van der Waals surface area contributed by atoms with Crippen LogP contribution in [0, 0.1) is 11.6 Å². The van der Waals surface area contributed by atoms with Crippen LogP contribution < -0.4 is 5.73 Å². The number of carbonyl (C=O) groups is 1. The number of ether oxygens (including phenoxy) is 1. The van der Waals surface area contributed by atoms with Gasteiger partial charge < -0.3 is 10.5 Å². The van der Waals surface area contributed by atoms with Crippen molar-refractivity contribution in [2.75, 3.05) is 12.8 Å². The fraction of sp³-hybridized carbons (Fsp3) is 0.0833. The van der Waals surface area contributed by atoms with E-state index < -0.39 is 17.6 Å². The van der Waals surface area contributed by atoms with E-state index in [9.17, 15) is 13.6 Å². The molecule has 2 aromatic rings. The summed E-state index contributed by atoms with van der Waals surface area (Å²) in [5.41, 5.74) is 6.90. The molecule has 1 aromatic carbocycles. The molecule has 2 N–H and O–H groups in total. The van der Waals surface area contributed by atoms with E-state index >= 15 is 0 Å². The highest BCUT2D eigenvalue weighted by Gasteiger charge is 2.17. The summed E-state index contributed by atoms with van der Waals surface area (Å²) in [4.78, 5) is 11.6. The Morgan fingerprint density at radius 2 is 2.06 bits per heavy atom. The quantitative estimate of drug-likeness (QED) is 0.852. The summed E-state index contributed by atoms with van der Waals surface area (Å²) in [7, 11) is 1.25. The van der Waals surface area contributed by atoms with Gasteiger partial charge in [-0.15, -0.1) is 11.3 Å². The first kappa shape index (κ1) is 12.5. The minimum absolute atomic E-state index is 0.206. The van der Waals surface area contributed by atoms with Crippen LogP contribution in [-0.2, 0) is 4.74 Å². The van der Waals surface area contributed by atoms with Crippen LogP contribution in [0.15, 0.2) is 23.6 Å². The smallest absolute Gasteiger partial charge is 0.350 e. The summed E-state index contributed by atoms with van der Waals surface area (Å²) < 4.78 is 30.5. The highest BCUT2D eigenvalue weighted by Crippen LogP contribution is 2.34. The number of nitrogen functional groups attached to an aromatic ring is 1. The third-order valence-corrected chi connectivity index (χ3v) is 3.41. The minimum Gasteiger partial charge on any atom is -0.465 e. The standard InChI is InChI=1S/C12H9F2NO2S/c1-17-12(16)11-10(15)7(5-18-11)6-2-3-8(13)9(14)4-6/h2-5H,15H2,1H3. The molecular formula is C12H9F2NO2S. The van der Waals surface area contributed by atoms with Gasteiger partial charge in [0.15, 0.2) is 11.6 Å². The molecule has 0 atom stereocenters. The summed E-state index contributed by atoms with van der Waals surface area (Å²) in [5.74, 6) is -2.44. The van der Waals surface area contributed by atoms with Crippen LogP contribution in [0.1, 0.15) is 9.67 Å². The molecule has 0 aliphatic carbocycles. The van der Waals surface area contributed by atoms with Crippen LogP contribution in [0.3, 0.4) is 0 Å². The zero-order valence-electron chi connectivity index (χ0n) is 9.37. The lowest BCUT2D eigenvalue weighted by atomic mass is 10.1. The molecule has 0 unspecified atom stereocenters. The van der Waals surface area contributed by atoms with Crippen molar-refractivity contribution in [3.63, 3.8) is 0 Å². The zero-order valence-corrected chi connectivity index (χ0v) is 10.2. The lowest BCUT2D eigenvalue weighted by molar-refractivity contribution is 0.0607. The van der Waals surface area contributed by atoms with Crippen molar-refractivity contribution in [1.82, 2.24) is 0 Å². The molecule has 0 saturated carbocycles. The van der Waals surface area contributed by atoms with Gasteiger partial charge in [0.2, 0.25) is 0 Å². The van der Waals surface area contributed by atoms with Crippen molar-refractivity contribution in [3.8, 4) is 11.1 Å². The third kappa shape index (κ3) is 2.06. The van der Waals surface area contributed by atoms with Crippen molar-refractivity contribution >= 4 is 23.0 Å². The predicted molar refractivity (Wildman–Crippen MR) is 65.4 cm³/mol. The van der Waals surface area contributed by atoms with Gasteiger partial charge in [0.05, 0.1) is 12.8 Å². The molecule has 6 heteroatoms. The summed E-state index contributed by atoms with van der Waals surface area (Å²) in [5, 5.41) is 1.61. The largest absolute Gasteiger partial charge is 0.465 e.